The maximum Gasteiger partial charge on any atom is 0.263 e. The molecule has 1 N–H and O–H groups in total. The molecule has 0 amide bonds. The molecule has 0 aliphatic heterocycles. The minimum Gasteiger partial charge on any atom is -0.497 e. The molecule has 0 aliphatic rings. The average molecular weight is 440 g/mol. The van der Waals surface area contributed by atoms with Crippen LogP contribution in [-0.2, 0) is 10.0 Å². The lowest BCUT2D eigenvalue weighted by atomic mass is 10.1. The Kier molecular flexibility index (Phi) is 5.48. The number of anilines is 1. The molecule has 4 rings (SSSR count). The van der Waals surface area contributed by atoms with E-state index in [0.29, 0.717) is 22.0 Å². The number of rotatable bonds is 6. The number of nitrogens with zero attached hydrogens (tertiary/aromatic N) is 2. The predicted octanol–water partition coefficient (Wildman–Crippen LogP) is 5.00. The molecule has 4 aromatic rings. The van der Waals surface area contributed by atoms with Crippen molar-refractivity contribution in [2.45, 2.75) is 4.90 Å². The van der Waals surface area contributed by atoms with Crippen LogP contribution in [0.15, 0.2) is 90.0 Å². The van der Waals surface area contributed by atoms with E-state index < -0.39 is 10.0 Å². The number of aromatic nitrogens is 2. The van der Waals surface area contributed by atoms with Crippen LogP contribution in [0.25, 0.3) is 16.8 Å². The van der Waals surface area contributed by atoms with Crippen LogP contribution >= 0.6 is 11.6 Å². The molecule has 0 radical (unpaired) electrons. The Bertz CT molecular complexity index is 1270. The molecule has 0 bridgehead atoms. The third-order valence-corrected chi connectivity index (χ3v) is 6.06. The van der Waals surface area contributed by atoms with Crippen molar-refractivity contribution in [3.05, 3.63) is 90.1 Å². The van der Waals surface area contributed by atoms with Gasteiger partial charge in [0, 0.05) is 16.8 Å². The maximum absolute atomic E-state index is 12.9. The van der Waals surface area contributed by atoms with Gasteiger partial charge in [-0.05, 0) is 48.0 Å². The van der Waals surface area contributed by atoms with Crippen LogP contribution in [0, 0.1) is 0 Å². The zero-order chi connectivity index (χ0) is 21.1. The van der Waals surface area contributed by atoms with Gasteiger partial charge in [0.2, 0.25) is 0 Å². The highest BCUT2D eigenvalue weighted by Gasteiger charge is 2.20. The number of sulfonamides is 1. The Labute approximate surface area is 179 Å². The summed E-state index contributed by atoms with van der Waals surface area (Å²) in [7, 11) is -2.22. The van der Waals surface area contributed by atoms with Crippen molar-refractivity contribution < 1.29 is 13.2 Å². The Morgan fingerprint density at radius 2 is 1.70 bits per heavy atom. The number of halogens is 1. The second kappa shape index (κ2) is 8.22. The molecule has 3 aromatic carbocycles. The monoisotopic (exact) mass is 439 g/mol. The Morgan fingerprint density at radius 1 is 0.967 bits per heavy atom. The first-order valence-corrected chi connectivity index (χ1v) is 10.9. The highest BCUT2D eigenvalue weighted by Crippen LogP contribution is 2.31. The summed E-state index contributed by atoms with van der Waals surface area (Å²) >= 11 is 6.11. The lowest BCUT2D eigenvalue weighted by Gasteiger charge is -2.08. The largest absolute Gasteiger partial charge is 0.497 e. The Hall–Kier alpha value is -3.29. The van der Waals surface area contributed by atoms with Crippen LogP contribution in [-0.4, -0.2) is 25.3 Å². The van der Waals surface area contributed by atoms with Gasteiger partial charge in [0.1, 0.15) is 5.75 Å². The number of ether oxygens (including phenoxy) is 1. The van der Waals surface area contributed by atoms with Gasteiger partial charge in [0.15, 0.2) is 5.82 Å². The van der Waals surface area contributed by atoms with Crippen molar-refractivity contribution in [2.24, 2.45) is 0 Å². The third kappa shape index (κ3) is 4.17. The van der Waals surface area contributed by atoms with Crippen LogP contribution in [0.4, 0.5) is 5.82 Å². The minimum absolute atomic E-state index is 0.156. The molecule has 8 heteroatoms. The zero-order valence-corrected chi connectivity index (χ0v) is 17.6. The Balaban J connectivity index is 1.81. The van der Waals surface area contributed by atoms with Crippen LogP contribution in [0.2, 0.25) is 5.02 Å². The van der Waals surface area contributed by atoms with Crippen LogP contribution in [0.3, 0.4) is 0 Å². The zero-order valence-electron chi connectivity index (χ0n) is 16.0. The summed E-state index contributed by atoms with van der Waals surface area (Å²) in [6.45, 7) is 0. The molecule has 1 heterocycles. The fourth-order valence-electron chi connectivity index (χ4n) is 2.97. The van der Waals surface area contributed by atoms with E-state index in [9.17, 15) is 8.42 Å². The van der Waals surface area contributed by atoms with Crippen molar-refractivity contribution >= 4 is 27.4 Å². The molecule has 1 aromatic heterocycles. The predicted molar refractivity (Wildman–Crippen MR) is 118 cm³/mol. The van der Waals surface area contributed by atoms with Gasteiger partial charge >= 0.3 is 0 Å². The van der Waals surface area contributed by atoms with E-state index in [4.69, 9.17) is 16.3 Å². The van der Waals surface area contributed by atoms with Gasteiger partial charge in [-0.1, -0.05) is 48.0 Å². The molecule has 0 atom stereocenters. The lowest BCUT2D eigenvalue weighted by Crippen LogP contribution is -2.14. The number of hydrogen-bond donors (Lipinski definition) is 1. The van der Waals surface area contributed by atoms with E-state index in [0.717, 1.165) is 5.56 Å². The van der Waals surface area contributed by atoms with Crippen molar-refractivity contribution in [1.82, 2.24) is 9.78 Å². The van der Waals surface area contributed by atoms with E-state index in [-0.39, 0.29) is 10.7 Å². The minimum atomic E-state index is -3.81. The van der Waals surface area contributed by atoms with E-state index in [1.54, 1.807) is 54.4 Å². The molecule has 30 heavy (non-hydrogen) atoms. The molecule has 0 unspecified atom stereocenters. The van der Waals surface area contributed by atoms with Gasteiger partial charge < -0.3 is 4.74 Å². The lowest BCUT2D eigenvalue weighted by molar-refractivity contribution is 0.415. The SMILES string of the molecule is COc1ccc(-c2cn(-c3cccc(Cl)c3)nc2NS(=O)(=O)c2ccccc2)cc1. The van der Waals surface area contributed by atoms with E-state index >= 15 is 0 Å². The van der Waals surface area contributed by atoms with Crippen molar-refractivity contribution in [3.8, 4) is 22.6 Å². The van der Waals surface area contributed by atoms with Crippen molar-refractivity contribution in [1.29, 1.82) is 0 Å². The molecule has 0 aliphatic carbocycles. The number of hydrogen-bond acceptors (Lipinski definition) is 4. The summed E-state index contributed by atoms with van der Waals surface area (Å²) in [6.07, 6.45) is 1.76. The van der Waals surface area contributed by atoms with Crippen molar-refractivity contribution in [3.63, 3.8) is 0 Å². The number of benzene rings is 3. The number of methoxy groups -OCH3 is 1. The summed E-state index contributed by atoms with van der Waals surface area (Å²) in [5.41, 5.74) is 2.12. The van der Waals surface area contributed by atoms with Crippen molar-refractivity contribution in [2.75, 3.05) is 11.8 Å². The van der Waals surface area contributed by atoms with Gasteiger partial charge in [-0.25, -0.2) is 13.1 Å². The van der Waals surface area contributed by atoms with Gasteiger partial charge in [-0.2, -0.15) is 0 Å². The smallest absolute Gasteiger partial charge is 0.263 e. The second-order valence-corrected chi connectivity index (χ2v) is 8.58. The van der Waals surface area contributed by atoms with Crippen LogP contribution < -0.4 is 9.46 Å². The summed E-state index contributed by atoms with van der Waals surface area (Å²) in [5, 5.41) is 5.04. The molecule has 0 fully saturated rings. The van der Waals surface area contributed by atoms with Gasteiger partial charge in [0.25, 0.3) is 10.0 Å². The first-order valence-electron chi connectivity index (χ1n) is 9.04. The molecule has 6 nitrogen and oxygen atoms in total. The highest BCUT2D eigenvalue weighted by atomic mass is 35.5. The van der Waals surface area contributed by atoms with E-state index in [1.165, 1.54) is 12.1 Å². The highest BCUT2D eigenvalue weighted by molar-refractivity contribution is 7.92. The summed E-state index contributed by atoms with van der Waals surface area (Å²) in [6, 6.07) is 22.6. The maximum atomic E-state index is 12.9. The average Bonchev–Trinajstić information content (AvgIpc) is 3.17. The quantitative estimate of drug-likeness (QED) is 0.458. The topological polar surface area (TPSA) is 73.2 Å². The molecule has 0 saturated heterocycles. The fourth-order valence-corrected chi connectivity index (χ4v) is 4.19. The second-order valence-electron chi connectivity index (χ2n) is 6.46. The van der Waals surface area contributed by atoms with E-state index in [1.807, 2.05) is 30.3 Å². The molecule has 0 spiro atoms. The summed E-state index contributed by atoms with van der Waals surface area (Å²) < 4.78 is 35.2. The fraction of sp³-hybridized carbons (Fsp3) is 0.0455. The summed E-state index contributed by atoms with van der Waals surface area (Å²) in [4.78, 5) is 0.156. The van der Waals surface area contributed by atoms with E-state index in [2.05, 4.69) is 9.82 Å². The molecular formula is C22H18ClN3O3S. The summed E-state index contributed by atoms with van der Waals surface area (Å²) in [5.74, 6) is 0.913. The first kappa shape index (κ1) is 20.0. The number of nitrogens with one attached hydrogen (secondary N) is 1. The molecular weight excluding hydrogens is 422 g/mol. The first-order chi connectivity index (χ1) is 14.5. The molecule has 0 saturated carbocycles. The third-order valence-electron chi connectivity index (χ3n) is 4.47. The molecule has 152 valence electrons. The normalized spacial score (nSPS) is 11.3. The van der Waals surface area contributed by atoms with Crippen LogP contribution in [0.1, 0.15) is 0 Å². The van der Waals surface area contributed by atoms with Crippen LogP contribution in [0.5, 0.6) is 5.75 Å². The standard InChI is InChI=1S/C22H18ClN3O3S/c1-29-19-12-10-16(11-13-19)21-15-26(18-7-5-6-17(23)14-18)24-22(21)25-30(27,28)20-8-3-2-4-9-20/h2-15H,1H3,(H,24,25). The van der Waals surface area contributed by atoms with Gasteiger partial charge in [0.05, 0.1) is 17.7 Å². The van der Waals surface area contributed by atoms with Gasteiger partial charge in [-0.3, -0.25) is 4.72 Å². The van der Waals surface area contributed by atoms with Gasteiger partial charge in [-0.15, -0.1) is 5.10 Å². The Morgan fingerprint density at radius 3 is 2.37 bits per heavy atom.